The van der Waals surface area contributed by atoms with Crippen LogP contribution < -0.4 is 10.6 Å². The summed E-state index contributed by atoms with van der Waals surface area (Å²) in [6.07, 6.45) is 8.06. The summed E-state index contributed by atoms with van der Waals surface area (Å²) in [6, 6.07) is 0. The fraction of sp³-hybridized carbons (Fsp3) is 0.778. The van der Waals surface area contributed by atoms with E-state index in [2.05, 4.69) is 53.5 Å². The van der Waals surface area contributed by atoms with Crippen LogP contribution in [0, 0.1) is 12.8 Å². The van der Waals surface area contributed by atoms with E-state index < -0.39 is 0 Å². The number of thiazole rings is 1. The lowest BCUT2D eigenvalue weighted by atomic mass is 9.75. The van der Waals surface area contributed by atoms with Crippen molar-refractivity contribution in [2.24, 2.45) is 10.9 Å². The normalized spacial score (nSPS) is 25.1. The largest absolute Gasteiger partial charge is 0.356 e. The maximum absolute atomic E-state index is 4.41. The SMILES string of the molecule is CN=C(NCCc1ncc(C)s1)NCC1(N(C)C)CCCC(C)C1. The molecule has 1 aliphatic rings. The van der Waals surface area contributed by atoms with Crippen molar-refractivity contribution in [3.05, 3.63) is 16.1 Å². The summed E-state index contributed by atoms with van der Waals surface area (Å²) in [5, 5.41) is 8.16. The van der Waals surface area contributed by atoms with Crippen LogP contribution in [-0.2, 0) is 6.42 Å². The molecule has 2 atom stereocenters. The third kappa shape index (κ3) is 5.18. The molecule has 24 heavy (non-hydrogen) atoms. The number of nitrogens with one attached hydrogen (secondary N) is 2. The summed E-state index contributed by atoms with van der Waals surface area (Å²) in [4.78, 5) is 12.5. The van der Waals surface area contributed by atoms with E-state index in [-0.39, 0.29) is 5.54 Å². The zero-order chi connectivity index (χ0) is 17.6. The molecule has 0 radical (unpaired) electrons. The van der Waals surface area contributed by atoms with Gasteiger partial charge >= 0.3 is 0 Å². The quantitative estimate of drug-likeness (QED) is 0.611. The summed E-state index contributed by atoms with van der Waals surface area (Å²) in [5.74, 6) is 1.69. The van der Waals surface area contributed by atoms with Gasteiger partial charge in [0.05, 0.1) is 5.01 Å². The van der Waals surface area contributed by atoms with E-state index in [4.69, 9.17) is 0 Å². The molecule has 1 aromatic heterocycles. The van der Waals surface area contributed by atoms with Crippen LogP contribution in [0.2, 0.25) is 0 Å². The summed E-state index contributed by atoms with van der Waals surface area (Å²) < 4.78 is 0. The van der Waals surface area contributed by atoms with Gasteiger partial charge < -0.3 is 15.5 Å². The minimum absolute atomic E-state index is 0.238. The topological polar surface area (TPSA) is 52.6 Å². The Labute approximate surface area is 151 Å². The number of nitrogens with zero attached hydrogens (tertiary/aromatic N) is 3. The fourth-order valence-electron chi connectivity index (χ4n) is 3.63. The van der Waals surface area contributed by atoms with Crippen molar-refractivity contribution in [3.63, 3.8) is 0 Å². The molecule has 2 rings (SSSR count). The smallest absolute Gasteiger partial charge is 0.191 e. The van der Waals surface area contributed by atoms with E-state index in [0.717, 1.165) is 31.4 Å². The number of aromatic nitrogens is 1. The molecule has 6 heteroatoms. The van der Waals surface area contributed by atoms with Gasteiger partial charge in [-0.3, -0.25) is 4.99 Å². The molecule has 0 bridgehead atoms. The van der Waals surface area contributed by atoms with E-state index in [9.17, 15) is 0 Å². The Hall–Kier alpha value is -1.14. The van der Waals surface area contributed by atoms with Gasteiger partial charge in [-0.15, -0.1) is 11.3 Å². The first-order valence-electron chi connectivity index (χ1n) is 8.98. The van der Waals surface area contributed by atoms with Crippen LogP contribution in [0.4, 0.5) is 0 Å². The second kappa shape index (κ2) is 8.81. The third-order valence-electron chi connectivity index (χ3n) is 5.13. The van der Waals surface area contributed by atoms with Crippen LogP contribution in [-0.4, -0.2) is 55.6 Å². The van der Waals surface area contributed by atoms with Crippen molar-refractivity contribution in [2.45, 2.75) is 51.5 Å². The van der Waals surface area contributed by atoms with Gasteiger partial charge in [0.25, 0.3) is 0 Å². The first kappa shape index (κ1) is 19.2. The zero-order valence-corrected chi connectivity index (χ0v) is 16.7. The van der Waals surface area contributed by atoms with Crippen molar-refractivity contribution >= 4 is 17.3 Å². The molecule has 136 valence electrons. The van der Waals surface area contributed by atoms with Crippen LogP contribution >= 0.6 is 11.3 Å². The molecule has 0 spiro atoms. The van der Waals surface area contributed by atoms with Gasteiger partial charge in [-0.2, -0.15) is 0 Å². The molecule has 5 nitrogen and oxygen atoms in total. The molecule has 0 aliphatic heterocycles. The zero-order valence-electron chi connectivity index (χ0n) is 15.9. The Morgan fingerprint density at radius 2 is 2.25 bits per heavy atom. The number of hydrogen-bond donors (Lipinski definition) is 2. The summed E-state index contributed by atoms with van der Waals surface area (Å²) in [5.41, 5.74) is 0.238. The molecule has 2 N–H and O–H groups in total. The average Bonchev–Trinajstić information content (AvgIpc) is 2.96. The number of guanidine groups is 1. The van der Waals surface area contributed by atoms with E-state index in [1.54, 1.807) is 11.3 Å². The third-order valence-corrected chi connectivity index (χ3v) is 6.10. The number of likely N-dealkylation sites (N-methyl/N-ethyl adjacent to an activating group) is 1. The van der Waals surface area contributed by atoms with E-state index in [0.29, 0.717) is 0 Å². The first-order chi connectivity index (χ1) is 11.4. The molecule has 0 amide bonds. The molecular formula is C18H33N5S. The first-order valence-corrected chi connectivity index (χ1v) is 9.80. The molecule has 1 fully saturated rings. The van der Waals surface area contributed by atoms with Crippen LogP contribution in [0.1, 0.15) is 42.5 Å². The van der Waals surface area contributed by atoms with Gasteiger partial charge in [0, 0.05) is 43.2 Å². The summed E-state index contributed by atoms with van der Waals surface area (Å²) >= 11 is 1.77. The van der Waals surface area contributed by atoms with Crippen molar-refractivity contribution in [1.82, 2.24) is 20.5 Å². The highest BCUT2D eigenvalue weighted by molar-refractivity contribution is 7.11. The highest BCUT2D eigenvalue weighted by Gasteiger charge is 2.36. The second-order valence-electron chi connectivity index (χ2n) is 7.29. The van der Waals surface area contributed by atoms with Crippen molar-refractivity contribution in [2.75, 3.05) is 34.2 Å². The number of rotatable bonds is 6. The lowest BCUT2D eigenvalue weighted by molar-refractivity contribution is 0.0796. The van der Waals surface area contributed by atoms with Gasteiger partial charge in [0.15, 0.2) is 5.96 Å². The van der Waals surface area contributed by atoms with Crippen LogP contribution in [0.25, 0.3) is 0 Å². The molecule has 2 unspecified atom stereocenters. The fourth-order valence-corrected chi connectivity index (χ4v) is 4.42. The predicted octanol–water partition coefficient (Wildman–Crippen LogP) is 2.67. The Morgan fingerprint density at radius 1 is 1.46 bits per heavy atom. The van der Waals surface area contributed by atoms with Gasteiger partial charge in [-0.25, -0.2) is 4.98 Å². The Balaban J connectivity index is 1.83. The Morgan fingerprint density at radius 3 is 2.83 bits per heavy atom. The van der Waals surface area contributed by atoms with E-state index in [1.807, 2.05) is 13.2 Å². The van der Waals surface area contributed by atoms with Crippen LogP contribution in [0.15, 0.2) is 11.2 Å². The standard InChI is InChI=1S/C18H33N5S/c1-14-7-6-9-18(11-14,23(4)5)13-22-17(19-3)20-10-8-16-21-12-15(2)24-16/h12,14H,6-11,13H2,1-5H3,(H2,19,20,22). The molecule has 1 aromatic rings. The molecule has 1 saturated carbocycles. The van der Waals surface area contributed by atoms with Gasteiger partial charge in [0.2, 0.25) is 0 Å². The molecule has 0 saturated heterocycles. The maximum atomic E-state index is 4.41. The van der Waals surface area contributed by atoms with Crippen LogP contribution in [0.3, 0.4) is 0 Å². The van der Waals surface area contributed by atoms with Gasteiger partial charge in [-0.05, 0) is 39.8 Å². The van der Waals surface area contributed by atoms with E-state index in [1.165, 1.54) is 35.6 Å². The number of hydrogen-bond acceptors (Lipinski definition) is 4. The summed E-state index contributed by atoms with van der Waals surface area (Å²) in [7, 11) is 6.26. The van der Waals surface area contributed by atoms with Gasteiger partial charge in [0.1, 0.15) is 0 Å². The number of aliphatic imine (C=N–C) groups is 1. The summed E-state index contributed by atoms with van der Waals surface area (Å²) in [6.45, 7) is 6.28. The highest BCUT2D eigenvalue weighted by atomic mass is 32.1. The minimum atomic E-state index is 0.238. The minimum Gasteiger partial charge on any atom is -0.356 e. The predicted molar refractivity (Wildman–Crippen MR) is 104 cm³/mol. The molecule has 1 heterocycles. The van der Waals surface area contributed by atoms with Gasteiger partial charge in [-0.1, -0.05) is 19.8 Å². The highest BCUT2D eigenvalue weighted by Crippen LogP contribution is 2.35. The molecular weight excluding hydrogens is 318 g/mol. The maximum Gasteiger partial charge on any atom is 0.191 e. The van der Waals surface area contributed by atoms with Crippen molar-refractivity contribution in [1.29, 1.82) is 0 Å². The van der Waals surface area contributed by atoms with E-state index >= 15 is 0 Å². The lowest BCUT2D eigenvalue weighted by Gasteiger charge is -2.45. The second-order valence-corrected chi connectivity index (χ2v) is 8.61. The van der Waals surface area contributed by atoms with Crippen molar-refractivity contribution < 1.29 is 0 Å². The number of aryl methyl sites for hydroxylation is 1. The molecule has 0 aromatic carbocycles. The Bertz CT molecular complexity index is 539. The van der Waals surface area contributed by atoms with Crippen LogP contribution in [0.5, 0.6) is 0 Å². The lowest BCUT2D eigenvalue weighted by Crippen LogP contribution is -2.56. The molecule has 1 aliphatic carbocycles. The average molecular weight is 352 g/mol. The monoisotopic (exact) mass is 351 g/mol. The van der Waals surface area contributed by atoms with Crippen molar-refractivity contribution in [3.8, 4) is 0 Å². The Kier molecular flexibility index (Phi) is 7.04.